The third-order valence-electron chi connectivity index (χ3n) is 12.1. The summed E-state index contributed by atoms with van der Waals surface area (Å²) >= 11 is 0. The van der Waals surface area contributed by atoms with Crippen LogP contribution in [0.5, 0.6) is 11.5 Å². The van der Waals surface area contributed by atoms with Gasteiger partial charge in [0.2, 0.25) is 0 Å². The molecule has 0 atom stereocenters. The average Bonchev–Trinajstić information content (AvgIpc) is 3.65. The number of rotatable bonds is 6. The number of hydrogen-bond donors (Lipinski definition) is 0. The van der Waals surface area contributed by atoms with E-state index in [0.717, 1.165) is 106 Å². The quantitative estimate of drug-likeness (QED) is 0.168. The summed E-state index contributed by atoms with van der Waals surface area (Å²) in [6.07, 6.45) is 0. The highest BCUT2D eigenvalue weighted by Gasteiger charge is 2.27. The van der Waals surface area contributed by atoms with Crippen LogP contribution in [0.3, 0.4) is 0 Å². The first-order chi connectivity index (χ1) is 30.2. The molecule has 0 amide bonds. The van der Waals surface area contributed by atoms with Crippen molar-refractivity contribution in [3.63, 3.8) is 0 Å². The topological polar surface area (TPSA) is 25.6 Å². The Morgan fingerprint density at radius 2 is 0.902 bits per heavy atom. The molecular weight excluding hydrogens is 743 g/mol. The van der Waals surface area contributed by atoms with E-state index >= 15 is 0 Å². The maximum absolute atomic E-state index is 7.07. The second-order valence-corrected chi connectivity index (χ2v) is 15.6. The molecule has 0 N–H and O–H groups in total. The third-order valence-corrected chi connectivity index (χ3v) is 12.1. The van der Waals surface area contributed by atoms with Crippen LogP contribution in [0.25, 0.3) is 88.3 Å². The van der Waals surface area contributed by atoms with Crippen molar-refractivity contribution in [3.05, 3.63) is 224 Å². The van der Waals surface area contributed by atoms with Gasteiger partial charge in [0.1, 0.15) is 22.7 Å². The minimum Gasteiger partial charge on any atom is -0.455 e. The van der Waals surface area contributed by atoms with Crippen molar-refractivity contribution in [2.24, 2.45) is 0 Å². The minimum atomic E-state index is 0.842. The summed E-state index contributed by atoms with van der Waals surface area (Å²) in [5.74, 6) is 1.71. The molecule has 0 saturated carbocycles. The largest absolute Gasteiger partial charge is 0.455 e. The zero-order valence-corrected chi connectivity index (χ0v) is 33.1. The van der Waals surface area contributed by atoms with Gasteiger partial charge in [0, 0.05) is 49.9 Å². The zero-order valence-electron chi connectivity index (χ0n) is 33.1. The van der Waals surface area contributed by atoms with Crippen LogP contribution < -0.4 is 9.64 Å². The molecular formula is C58H37NO2. The van der Waals surface area contributed by atoms with Gasteiger partial charge >= 0.3 is 0 Å². The van der Waals surface area contributed by atoms with Gasteiger partial charge in [-0.1, -0.05) is 170 Å². The first-order valence-electron chi connectivity index (χ1n) is 20.7. The Morgan fingerprint density at radius 1 is 0.328 bits per heavy atom. The van der Waals surface area contributed by atoms with Crippen LogP contribution in [-0.4, -0.2) is 0 Å². The molecule has 2 heterocycles. The Balaban J connectivity index is 1.05. The monoisotopic (exact) mass is 779 g/mol. The molecule has 1 aliphatic heterocycles. The van der Waals surface area contributed by atoms with E-state index in [1.54, 1.807) is 0 Å². The predicted molar refractivity (Wildman–Crippen MR) is 253 cm³/mol. The molecule has 61 heavy (non-hydrogen) atoms. The molecule has 1 aliphatic rings. The molecule has 286 valence electrons. The number of fused-ring (bicyclic) bond motifs is 10. The fourth-order valence-corrected chi connectivity index (χ4v) is 9.18. The highest BCUT2D eigenvalue weighted by molar-refractivity contribution is 6.10. The van der Waals surface area contributed by atoms with E-state index < -0.39 is 0 Å². The minimum absolute atomic E-state index is 0.842. The van der Waals surface area contributed by atoms with Crippen LogP contribution >= 0.6 is 0 Å². The van der Waals surface area contributed by atoms with Gasteiger partial charge < -0.3 is 14.1 Å². The van der Waals surface area contributed by atoms with Crippen molar-refractivity contribution in [1.29, 1.82) is 0 Å². The maximum Gasteiger partial charge on any atom is 0.143 e. The molecule has 12 rings (SSSR count). The van der Waals surface area contributed by atoms with Crippen LogP contribution in [0.1, 0.15) is 0 Å². The highest BCUT2D eigenvalue weighted by atomic mass is 16.5. The Kier molecular flexibility index (Phi) is 8.17. The third kappa shape index (κ3) is 5.90. The summed E-state index contributed by atoms with van der Waals surface area (Å²) in [4.78, 5) is 2.36. The van der Waals surface area contributed by atoms with Gasteiger partial charge in [0.25, 0.3) is 0 Å². The summed E-state index contributed by atoms with van der Waals surface area (Å²) in [6, 6.07) is 79.8. The maximum atomic E-state index is 7.07. The number of para-hydroxylation sites is 2. The molecule has 1 aromatic heterocycles. The molecule has 0 saturated heterocycles. The number of nitrogens with zero attached hydrogens (tertiary/aromatic N) is 1. The van der Waals surface area contributed by atoms with Gasteiger partial charge in [-0.05, 0) is 98.9 Å². The van der Waals surface area contributed by atoms with E-state index in [9.17, 15) is 0 Å². The van der Waals surface area contributed by atoms with Crippen LogP contribution in [0.4, 0.5) is 17.1 Å². The average molecular weight is 780 g/mol. The fourth-order valence-electron chi connectivity index (χ4n) is 9.18. The van der Waals surface area contributed by atoms with Gasteiger partial charge in [-0.15, -0.1) is 0 Å². The van der Waals surface area contributed by atoms with Gasteiger partial charge in [0.05, 0.1) is 0 Å². The Morgan fingerprint density at radius 3 is 1.69 bits per heavy atom. The summed E-state index contributed by atoms with van der Waals surface area (Å²) in [6.45, 7) is 0. The summed E-state index contributed by atoms with van der Waals surface area (Å²) < 4.78 is 13.5. The van der Waals surface area contributed by atoms with E-state index in [0.29, 0.717) is 0 Å². The van der Waals surface area contributed by atoms with Crippen LogP contribution in [0.2, 0.25) is 0 Å². The van der Waals surface area contributed by atoms with E-state index in [1.807, 2.05) is 12.1 Å². The molecule has 3 nitrogen and oxygen atoms in total. The number of furan rings is 1. The zero-order chi connectivity index (χ0) is 40.3. The van der Waals surface area contributed by atoms with Crippen LogP contribution in [0.15, 0.2) is 229 Å². The van der Waals surface area contributed by atoms with Crippen molar-refractivity contribution in [3.8, 4) is 67.1 Å². The van der Waals surface area contributed by atoms with Gasteiger partial charge in [-0.2, -0.15) is 0 Å². The molecule has 10 aromatic carbocycles. The first-order valence-corrected chi connectivity index (χ1v) is 20.7. The van der Waals surface area contributed by atoms with Crippen molar-refractivity contribution in [1.82, 2.24) is 0 Å². The van der Waals surface area contributed by atoms with Gasteiger partial charge in [0.15, 0.2) is 0 Å². The summed E-state index contributed by atoms with van der Waals surface area (Å²) in [7, 11) is 0. The van der Waals surface area contributed by atoms with Gasteiger partial charge in [-0.3, -0.25) is 0 Å². The second-order valence-electron chi connectivity index (χ2n) is 15.6. The molecule has 0 radical (unpaired) electrons. The van der Waals surface area contributed by atoms with Crippen molar-refractivity contribution >= 4 is 49.8 Å². The number of anilines is 3. The summed E-state index contributed by atoms with van der Waals surface area (Å²) in [5, 5.41) is 4.47. The fraction of sp³-hybridized carbons (Fsp3) is 0. The number of ether oxygens (including phenoxy) is 1. The smallest absolute Gasteiger partial charge is 0.143 e. The lowest BCUT2D eigenvalue weighted by Gasteiger charge is -2.27. The number of benzene rings is 10. The lowest BCUT2D eigenvalue weighted by atomic mass is 9.88. The van der Waals surface area contributed by atoms with E-state index in [1.165, 1.54) is 11.1 Å². The lowest BCUT2D eigenvalue weighted by Crippen LogP contribution is -2.10. The standard InChI is InChI=1S/C58H37NO2/c1-3-13-38(14-4-1)39-25-30-43(31-26-39)59(44-32-27-42(28-33-44)48-21-11-22-51-49-19-9-10-23-54(49)60-57(48)51)45-34-36-50-53(37-45)52-35-29-41-17-7-8-18-47(41)58(52)61-55-24-12-20-46(56(50)55)40-15-5-2-6-16-40/h1-37H. The normalized spacial score (nSPS) is 11.7. The first kappa shape index (κ1) is 34.9. The lowest BCUT2D eigenvalue weighted by molar-refractivity contribution is 0.493. The molecule has 0 fully saturated rings. The van der Waals surface area contributed by atoms with Crippen molar-refractivity contribution in [2.75, 3.05) is 4.90 Å². The molecule has 11 aromatic rings. The van der Waals surface area contributed by atoms with Crippen molar-refractivity contribution in [2.45, 2.75) is 0 Å². The van der Waals surface area contributed by atoms with E-state index in [-0.39, 0.29) is 0 Å². The number of hydrogen-bond acceptors (Lipinski definition) is 3. The second kappa shape index (κ2) is 14.3. The highest BCUT2D eigenvalue weighted by Crippen LogP contribution is 2.53. The van der Waals surface area contributed by atoms with E-state index in [2.05, 4.69) is 217 Å². The Hall–Kier alpha value is -8.14. The Bertz CT molecular complexity index is 3420. The molecule has 0 bridgehead atoms. The van der Waals surface area contributed by atoms with Crippen LogP contribution in [-0.2, 0) is 0 Å². The molecule has 0 unspecified atom stereocenters. The van der Waals surface area contributed by atoms with Crippen molar-refractivity contribution < 1.29 is 9.15 Å². The SMILES string of the molecule is c1ccc(-c2ccc(N(c3ccc(-c4cccc5c4oc4ccccc45)cc3)c3ccc4c(c3)-c3ccc5ccccc5c3Oc3cccc(-c5ccccc5)c3-4)cc2)cc1. The van der Waals surface area contributed by atoms with Crippen LogP contribution in [0, 0.1) is 0 Å². The molecule has 0 spiro atoms. The predicted octanol–water partition coefficient (Wildman–Crippen LogP) is 16.6. The Labute approximate surface area is 354 Å². The molecule has 0 aliphatic carbocycles. The van der Waals surface area contributed by atoms with E-state index in [4.69, 9.17) is 9.15 Å². The van der Waals surface area contributed by atoms with Gasteiger partial charge in [-0.25, -0.2) is 0 Å². The molecule has 3 heteroatoms. The summed E-state index contributed by atoms with van der Waals surface area (Å²) in [5.41, 5.74) is 16.1.